The highest BCUT2D eigenvalue weighted by Crippen LogP contribution is 2.21. The molecule has 0 saturated heterocycles. The molecule has 4 heteroatoms. The Balaban J connectivity index is 2.01. The smallest absolute Gasteiger partial charge is 0.328 e. The van der Waals surface area contributed by atoms with Gasteiger partial charge in [0.15, 0.2) is 5.78 Å². The Labute approximate surface area is 195 Å². The second-order valence-corrected chi connectivity index (χ2v) is 8.94. The summed E-state index contributed by atoms with van der Waals surface area (Å²) in [7, 11) is 0. The number of unbranched alkanes of at least 4 members (excludes halogenated alkanes) is 15. The van der Waals surface area contributed by atoms with Gasteiger partial charge in [0, 0.05) is 6.08 Å². The molecule has 1 aromatic rings. The average Bonchev–Trinajstić information content (AvgIpc) is 2.77. The largest absolute Gasteiger partial charge is 0.507 e. The molecular formula is C28H44O4. The van der Waals surface area contributed by atoms with Crippen molar-refractivity contribution in [3.63, 3.8) is 0 Å². The third-order valence-electron chi connectivity index (χ3n) is 6.02. The quantitative estimate of drug-likeness (QED) is 0.121. The summed E-state index contributed by atoms with van der Waals surface area (Å²) in [5.41, 5.74) is 1.14. The van der Waals surface area contributed by atoms with Crippen LogP contribution in [0.5, 0.6) is 5.75 Å². The number of carboxylic acid groups (broad SMARTS) is 1. The Morgan fingerprint density at radius 1 is 0.719 bits per heavy atom. The Morgan fingerprint density at radius 3 is 1.62 bits per heavy atom. The van der Waals surface area contributed by atoms with Crippen molar-refractivity contribution in [3.8, 4) is 5.75 Å². The number of phenolic OH excluding ortho intramolecular Hbond substituents is 1. The van der Waals surface area contributed by atoms with Crippen LogP contribution in [0.4, 0.5) is 0 Å². The van der Waals surface area contributed by atoms with E-state index in [1.165, 1.54) is 96.3 Å². The van der Waals surface area contributed by atoms with Crippen molar-refractivity contribution in [2.45, 2.75) is 116 Å². The third kappa shape index (κ3) is 14.1. The minimum Gasteiger partial charge on any atom is -0.507 e. The molecule has 0 aliphatic carbocycles. The van der Waals surface area contributed by atoms with Gasteiger partial charge in [0.2, 0.25) is 0 Å². The summed E-state index contributed by atoms with van der Waals surface area (Å²) >= 11 is 0. The number of aliphatic carboxylic acids is 1. The van der Waals surface area contributed by atoms with Crippen LogP contribution in [0.15, 0.2) is 30.4 Å². The van der Waals surface area contributed by atoms with Crippen LogP contribution in [0.25, 0.3) is 0 Å². The predicted octanol–water partition coefficient (Wildman–Crippen LogP) is 8.02. The van der Waals surface area contributed by atoms with Crippen molar-refractivity contribution in [1.82, 2.24) is 0 Å². The van der Waals surface area contributed by atoms with Crippen LogP contribution in [0, 0.1) is 0 Å². The minimum atomic E-state index is -1.18. The van der Waals surface area contributed by atoms with E-state index in [0.29, 0.717) is 0 Å². The molecule has 0 amide bonds. The maximum Gasteiger partial charge on any atom is 0.328 e. The number of aromatic hydroxyl groups is 1. The van der Waals surface area contributed by atoms with E-state index < -0.39 is 11.8 Å². The number of benzene rings is 1. The van der Waals surface area contributed by atoms with Gasteiger partial charge in [-0.2, -0.15) is 0 Å². The zero-order valence-corrected chi connectivity index (χ0v) is 20.1. The summed E-state index contributed by atoms with van der Waals surface area (Å²) < 4.78 is 0. The summed E-state index contributed by atoms with van der Waals surface area (Å²) in [5.74, 6) is -1.77. The molecule has 32 heavy (non-hydrogen) atoms. The SMILES string of the molecule is CCCCCCCCCCCCCCCCCCc1ccc(C(=O)/C=C/C(=O)O)c(O)c1. The van der Waals surface area contributed by atoms with Crippen molar-refractivity contribution < 1.29 is 19.8 Å². The van der Waals surface area contributed by atoms with Crippen LogP contribution >= 0.6 is 0 Å². The molecule has 1 rings (SSSR count). The van der Waals surface area contributed by atoms with Gasteiger partial charge >= 0.3 is 5.97 Å². The number of carboxylic acids is 1. The van der Waals surface area contributed by atoms with Crippen LogP contribution in [0.3, 0.4) is 0 Å². The fraction of sp³-hybridized carbons (Fsp3) is 0.643. The molecule has 0 saturated carbocycles. The van der Waals surface area contributed by atoms with Gasteiger partial charge in [0.1, 0.15) is 5.75 Å². The van der Waals surface area contributed by atoms with Gasteiger partial charge in [-0.1, -0.05) is 109 Å². The van der Waals surface area contributed by atoms with Gasteiger partial charge in [-0.15, -0.1) is 0 Å². The van der Waals surface area contributed by atoms with Gasteiger partial charge in [-0.3, -0.25) is 4.79 Å². The molecule has 0 aromatic heterocycles. The highest BCUT2D eigenvalue weighted by molar-refractivity contribution is 6.08. The molecular weight excluding hydrogens is 400 g/mol. The predicted molar refractivity (Wildman–Crippen MR) is 132 cm³/mol. The first-order valence-corrected chi connectivity index (χ1v) is 12.8. The molecule has 2 N–H and O–H groups in total. The number of rotatable bonds is 20. The lowest BCUT2D eigenvalue weighted by atomic mass is 10.0. The monoisotopic (exact) mass is 444 g/mol. The van der Waals surface area contributed by atoms with Crippen molar-refractivity contribution >= 4 is 11.8 Å². The first-order valence-electron chi connectivity index (χ1n) is 12.8. The summed E-state index contributed by atoms with van der Waals surface area (Å²) in [4.78, 5) is 22.4. The van der Waals surface area contributed by atoms with Crippen molar-refractivity contribution in [2.75, 3.05) is 0 Å². The van der Waals surface area contributed by atoms with Gasteiger partial charge in [0.25, 0.3) is 0 Å². The highest BCUT2D eigenvalue weighted by atomic mass is 16.4. The van der Waals surface area contributed by atoms with Gasteiger partial charge in [-0.25, -0.2) is 4.79 Å². The molecule has 0 fully saturated rings. The zero-order valence-electron chi connectivity index (χ0n) is 20.1. The molecule has 0 radical (unpaired) electrons. The summed E-state index contributed by atoms with van der Waals surface area (Å²) in [6.45, 7) is 2.27. The minimum absolute atomic E-state index is 0.0842. The van der Waals surface area contributed by atoms with Crippen molar-refractivity contribution in [1.29, 1.82) is 0 Å². The molecule has 0 spiro atoms. The lowest BCUT2D eigenvalue weighted by Crippen LogP contribution is -1.98. The summed E-state index contributed by atoms with van der Waals surface area (Å²) in [5, 5.41) is 18.6. The Hall–Kier alpha value is -2.10. The van der Waals surface area contributed by atoms with E-state index in [1.807, 2.05) is 6.07 Å². The van der Waals surface area contributed by atoms with Crippen LogP contribution in [0.1, 0.15) is 126 Å². The van der Waals surface area contributed by atoms with E-state index in [4.69, 9.17) is 5.11 Å². The highest BCUT2D eigenvalue weighted by Gasteiger charge is 2.09. The number of ketones is 1. The van der Waals surface area contributed by atoms with E-state index in [1.54, 1.807) is 12.1 Å². The second-order valence-electron chi connectivity index (χ2n) is 8.94. The third-order valence-corrected chi connectivity index (χ3v) is 6.02. The fourth-order valence-corrected chi connectivity index (χ4v) is 4.06. The molecule has 0 aliphatic rings. The topological polar surface area (TPSA) is 74.6 Å². The van der Waals surface area contributed by atoms with Crippen LogP contribution in [0.2, 0.25) is 0 Å². The standard InChI is InChI=1S/C28H44O4/c1-2-3-4-5-6-7-8-9-10-11-12-13-14-15-16-17-18-24-19-20-25(27(30)23-24)26(29)21-22-28(31)32/h19-23,30H,2-18H2,1H3,(H,31,32)/b22-21+. The van der Waals surface area contributed by atoms with Crippen molar-refractivity contribution in [2.24, 2.45) is 0 Å². The average molecular weight is 445 g/mol. The second kappa shape index (κ2) is 18.5. The van der Waals surface area contributed by atoms with Gasteiger partial charge < -0.3 is 10.2 Å². The van der Waals surface area contributed by atoms with E-state index in [0.717, 1.165) is 30.6 Å². The molecule has 4 nitrogen and oxygen atoms in total. The van der Waals surface area contributed by atoms with Crippen LogP contribution in [-0.4, -0.2) is 22.0 Å². The summed E-state index contributed by atoms with van der Waals surface area (Å²) in [6, 6.07) is 5.03. The Kier molecular flexibility index (Phi) is 16.1. The van der Waals surface area contributed by atoms with E-state index in [2.05, 4.69) is 6.92 Å². The number of carbonyl (C=O) groups is 2. The zero-order chi connectivity index (χ0) is 23.4. The number of phenols is 1. The van der Waals surface area contributed by atoms with Crippen LogP contribution < -0.4 is 0 Å². The van der Waals surface area contributed by atoms with Gasteiger partial charge in [-0.05, 0) is 36.6 Å². The summed E-state index contributed by atoms with van der Waals surface area (Å²) in [6.07, 6.45) is 24.1. The maximum absolute atomic E-state index is 11.9. The van der Waals surface area contributed by atoms with E-state index in [9.17, 15) is 14.7 Å². The van der Waals surface area contributed by atoms with Crippen molar-refractivity contribution in [3.05, 3.63) is 41.5 Å². The Bertz CT molecular complexity index is 678. The first-order chi connectivity index (χ1) is 15.5. The molecule has 180 valence electrons. The molecule has 0 atom stereocenters. The number of hydrogen-bond acceptors (Lipinski definition) is 3. The molecule has 0 bridgehead atoms. The first kappa shape index (κ1) is 27.9. The van der Waals surface area contributed by atoms with Crippen LogP contribution in [-0.2, 0) is 11.2 Å². The molecule has 0 aliphatic heterocycles. The normalized spacial score (nSPS) is 11.3. The number of hydrogen-bond donors (Lipinski definition) is 2. The molecule has 0 unspecified atom stereocenters. The lowest BCUT2D eigenvalue weighted by molar-refractivity contribution is -0.131. The fourth-order valence-electron chi connectivity index (χ4n) is 4.06. The molecule has 1 aromatic carbocycles. The number of aryl methyl sites for hydroxylation is 1. The Morgan fingerprint density at radius 2 is 1.19 bits per heavy atom. The molecule has 0 heterocycles. The van der Waals surface area contributed by atoms with E-state index in [-0.39, 0.29) is 11.3 Å². The lowest BCUT2D eigenvalue weighted by Gasteiger charge is -2.06. The van der Waals surface area contributed by atoms with E-state index >= 15 is 0 Å². The maximum atomic E-state index is 11.9. The van der Waals surface area contributed by atoms with Gasteiger partial charge in [0.05, 0.1) is 5.56 Å². The number of allylic oxidation sites excluding steroid dienone is 1. The number of carbonyl (C=O) groups excluding carboxylic acids is 1.